The molecule has 0 unspecified atom stereocenters. The Morgan fingerprint density at radius 2 is 2.08 bits per heavy atom. The lowest BCUT2D eigenvalue weighted by Gasteiger charge is -2.09. The van der Waals surface area contributed by atoms with Gasteiger partial charge in [0, 0.05) is 0 Å². The Balaban J connectivity index is 2.50. The second kappa shape index (κ2) is 3.13. The number of rotatable bonds is 2. The van der Waals surface area contributed by atoms with Crippen molar-refractivity contribution in [1.82, 2.24) is 0 Å². The van der Waals surface area contributed by atoms with Gasteiger partial charge in [0.25, 0.3) is 0 Å². The molecule has 0 heterocycles. The van der Waals surface area contributed by atoms with Crippen molar-refractivity contribution in [3.8, 4) is 0 Å². The minimum atomic E-state index is -0.00981. The number of hydrogen-bond donors (Lipinski definition) is 0. The van der Waals surface area contributed by atoms with E-state index in [1.165, 1.54) is 18.4 Å². The fourth-order valence-electron chi connectivity index (χ4n) is 1.93. The van der Waals surface area contributed by atoms with Gasteiger partial charge in [-0.1, -0.05) is 13.0 Å². The average molecular weight is 178 g/mol. The topological polar surface area (TPSA) is 0 Å². The highest BCUT2D eigenvalue weighted by Crippen LogP contribution is 2.42. The summed E-state index contributed by atoms with van der Waals surface area (Å²) in [6.07, 6.45) is 3.31. The van der Waals surface area contributed by atoms with Crippen LogP contribution in [-0.4, -0.2) is 0 Å². The number of aryl methyl sites for hydroxylation is 1. The summed E-state index contributed by atoms with van der Waals surface area (Å²) in [5.74, 6) is 0.647. The van der Waals surface area contributed by atoms with E-state index in [1.54, 1.807) is 6.07 Å². The molecular weight excluding hydrogens is 163 g/mol. The minimum absolute atomic E-state index is 0.00981. The molecule has 0 saturated heterocycles. The summed E-state index contributed by atoms with van der Waals surface area (Å²) in [5.41, 5.74) is 3.25. The Kier molecular flexibility index (Phi) is 2.10. The van der Waals surface area contributed by atoms with Crippen molar-refractivity contribution in [3.63, 3.8) is 0 Å². The second-order valence-electron chi connectivity index (χ2n) is 3.94. The van der Waals surface area contributed by atoms with Crippen LogP contribution in [0.4, 0.5) is 4.39 Å². The summed E-state index contributed by atoms with van der Waals surface area (Å²) in [5, 5.41) is 0. The monoisotopic (exact) mass is 178 g/mol. The van der Waals surface area contributed by atoms with Crippen LogP contribution in [0.15, 0.2) is 12.1 Å². The van der Waals surface area contributed by atoms with Gasteiger partial charge in [-0.05, 0) is 54.9 Å². The molecule has 0 nitrogen and oxygen atoms in total. The zero-order chi connectivity index (χ0) is 9.42. The highest BCUT2D eigenvalue weighted by atomic mass is 19.1. The van der Waals surface area contributed by atoms with Crippen molar-refractivity contribution in [3.05, 3.63) is 34.6 Å². The molecule has 1 aliphatic carbocycles. The Labute approximate surface area is 78.8 Å². The zero-order valence-corrected chi connectivity index (χ0v) is 8.23. The molecule has 0 radical (unpaired) electrons. The Hall–Kier alpha value is -0.850. The molecule has 1 aromatic rings. The molecule has 0 N–H and O–H groups in total. The number of benzene rings is 1. The van der Waals surface area contributed by atoms with Crippen LogP contribution in [0.1, 0.15) is 42.4 Å². The van der Waals surface area contributed by atoms with E-state index in [4.69, 9.17) is 0 Å². The van der Waals surface area contributed by atoms with Gasteiger partial charge in [0.1, 0.15) is 5.82 Å². The average Bonchev–Trinajstić information content (AvgIpc) is 2.85. The van der Waals surface area contributed by atoms with Crippen LogP contribution in [0.3, 0.4) is 0 Å². The molecule has 1 aliphatic rings. The van der Waals surface area contributed by atoms with Crippen molar-refractivity contribution in [2.24, 2.45) is 0 Å². The van der Waals surface area contributed by atoms with Gasteiger partial charge in [-0.3, -0.25) is 0 Å². The van der Waals surface area contributed by atoms with Gasteiger partial charge < -0.3 is 0 Å². The van der Waals surface area contributed by atoms with E-state index in [0.717, 1.165) is 17.5 Å². The molecule has 2 rings (SSSR count). The van der Waals surface area contributed by atoms with Crippen molar-refractivity contribution in [2.45, 2.75) is 39.0 Å². The fraction of sp³-hybridized carbons (Fsp3) is 0.500. The molecule has 70 valence electrons. The summed E-state index contributed by atoms with van der Waals surface area (Å²) >= 11 is 0. The molecule has 0 spiro atoms. The van der Waals surface area contributed by atoms with Crippen molar-refractivity contribution >= 4 is 0 Å². The molecule has 1 fully saturated rings. The third kappa shape index (κ3) is 1.60. The van der Waals surface area contributed by atoms with Crippen LogP contribution in [0.5, 0.6) is 0 Å². The van der Waals surface area contributed by atoms with Gasteiger partial charge in [-0.2, -0.15) is 0 Å². The zero-order valence-electron chi connectivity index (χ0n) is 8.23. The van der Waals surface area contributed by atoms with E-state index in [-0.39, 0.29) is 5.82 Å². The number of halogens is 1. The third-order valence-electron chi connectivity index (χ3n) is 2.75. The molecule has 1 saturated carbocycles. The SMILES string of the molecule is CCc1c(F)cc(C)cc1C1CC1. The van der Waals surface area contributed by atoms with E-state index < -0.39 is 0 Å². The molecule has 0 amide bonds. The maximum atomic E-state index is 13.5. The Morgan fingerprint density at radius 1 is 1.38 bits per heavy atom. The van der Waals surface area contributed by atoms with Gasteiger partial charge in [0.15, 0.2) is 0 Å². The molecule has 0 aliphatic heterocycles. The summed E-state index contributed by atoms with van der Waals surface area (Å²) in [4.78, 5) is 0. The molecule has 0 aromatic heterocycles. The van der Waals surface area contributed by atoms with Crippen molar-refractivity contribution in [2.75, 3.05) is 0 Å². The van der Waals surface area contributed by atoms with Crippen molar-refractivity contribution < 1.29 is 4.39 Å². The lowest BCUT2D eigenvalue weighted by atomic mass is 9.98. The summed E-state index contributed by atoms with van der Waals surface area (Å²) in [6.45, 7) is 3.99. The highest BCUT2D eigenvalue weighted by molar-refractivity contribution is 5.37. The first-order valence-corrected chi connectivity index (χ1v) is 5.01. The summed E-state index contributed by atoms with van der Waals surface area (Å²) in [6, 6.07) is 3.80. The highest BCUT2D eigenvalue weighted by Gasteiger charge is 2.26. The summed E-state index contributed by atoms with van der Waals surface area (Å²) < 4.78 is 13.5. The maximum Gasteiger partial charge on any atom is 0.126 e. The molecule has 0 bridgehead atoms. The van der Waals surface area contributed by atoms with Crippen LogP contribution in [0.2, 0.25) is 0 Å². The fourth-order valence-corrected chi connectivity index (χ4v) is 1.93. The van der Waals surface area contributed by atoms with Gasteiger partial charge in [-0.25, -0.2) is 4.39 Å². The van der Waals surface area contributed by atoms with Crippen LogP contribution < -0.4 is 0 Å². The maximum absolute atomic E-state index is 13.5. The number of hydrogen-bond acceptors (Lipinski definition) is 0. The van der Waals surface area contributed by atoms with Crippen molar-refractivity contribution in [1.29, 1.82) is 0 Å². The normalized spacial score (nSPS) is 16.2. The smallest absolute Gasteiger partial charge is 0.126 e. The third-order valence-corrected chi connectivity index (χ3v) is 2.75. The molecule has 1 aromatic carbocycles. The molecule has 0 atom stereocenters. The van der Waals surface area contributed by atoms with Gasteiger partial charge in [-0.15, -0.1) is 0 Å². The van der Waals surface area contributed by atoms with E-state index in [2.05, 4.69) is 6.07 Å². The van der Waals surface area contributed by atoms with Gasteiger partial charge in [0.05, 0.1) is 0 Å². The standard InChI is InChI=1S/C12H15F/c1-3-10-11(9-4-5-9)6-8(2)7-12(10)13/h6-7,9H,3-5H2,1-2H3. The molecular formula is C12H15F. The van der Waals surface area contributed by atoms with Gasteiger partial charge >= 0.3 is 0 Å². The first-order chi connectivity index (χ1) is 6.22. The second-order valence-corrected chi connectivity index (χ2v) is 3.94. The van der Waals surface area contributed by atoms with Crippen LogP contribution in [0, 0.1) is 12.7 Å². The first-order valence-electron chi connectivity index (χ1n) is 5.01. The van der Waals surface area contributed by atoms with E-state index in [9.17, 15) is 4.39 Å². The van der Waals surface area contributed by atoms with E-state index in [0.29, 0.717) is 5.92 Å². The summed E-state index contributed by atoms with van der Waals surface area (Å²) in [7, 11) is 0. The molecule has 1 heteroatoms. The quantitative estimate of drug-likeness (QED) is 0.649. The van der Waals surface area contributed by atoms with Crippen LogP contribution in [0.25, 0.3) is 0 Å². The van der Waals surface area contributed by atoms with Gasteiger partial charge in [0.2, 0.25) is 0 Å². The van der Waals surface area contributed by atoms with Crippen LogP contribution in [-0.2, 0) is 6.42 Å². The molecule has 13 heavy (non-hydrogen) atoms. The lowest BCUT2D eigenvalue weighted by molar-refractivity contribution is 0.607. The van der Waals surface area contributed by atoms with Crippen LogP contribution >= 0.6 is 0 Å². The largest absolute Gasteiger partial charge is 0.207 e. The lowest BCUT2D eigenvalue weighted by Crippen LogP contribution is -1.96. The van der Waals surface area contributed by atoms with E-state index in [1.807, 2.05) is 13.8 Å². The van der Waals surface area contributed by atoms with E-state index >= 15 is 0 Å². The predicted molar refractivity (Wildman–Crippen MR) is 52.5 cm³/mol. The predicted octanol–water partition coefficient (Wildman–Crippen LogP) is 3.57. The Morgan fingerprint density at radius 3 is 2.62 bits per heavy atom. The minimum Gasteiger partial charge on any atom is -0.207 e. The Bertz CT molecular complexity index is 324. The first kappa shape index (κ1) is 8.74.